The molecule has 12 nitrogen and oxygen atoms in total. The predicted molar refractivity (Wildman–Crippen MR) is 261 cm³/mol. The number of carbonyl (C=O) groups is 4. The molecule has 4 N–H and O–H groups in total. The van der Waals surface area contributed by atoms with E-state index in [1.807, 2.05) is 9.80 Å². The molecule has 2 aromatic heterocycles. The van der Waals surface area contributed by atoms with Crippen LogP contribution in [0, 0.1) is 34.1 Å². The van der Waals surface area contributed by atoms with Gasteiger partial charge < -0.3 is 20.4 Å². The first-order valence-electron chi connectivity index (χ1n) is 21.9. The zero-order chi connectivity index (χ0) is 49.2. The second-order valence-electron chi connectivity index (χ2n) is 16.3. The number of Topliss-reactive ketones (excluding diaryl/α,β-unsaturated/α-hetero) is 2. The molecule has 6 aromatic rings. The Bertz CT molecular complexity index is 2890. The van der Waals surface area contributed by atoms with Crippen molar-refractivity contribution in [3.05, 3.63) is 186 Å². The Morgan fingerprint density at radius 1 is 0.493 bits per heavy atom. The van der Waals surface area contributed by atoms with Crippen molar-refractivity contribution >= 4 is 78.5 Å². The van der Waals surface area contributed by atoms with Gasteiger partial charge in [-0.2, -0.15) is 0 Å². The number of anilines is 2. The predicted octanol–water partition coefficient (Wildman–Crippen LogP) is 10.8. The molecule has 0 saturated carbocycles. The molecular formula is C51H44Br2F4N8O4. The number of hydrogen-bond acceptors (Lipinski definition) is 8. The number of pyridine rings is 2. The number of piperidine rings is 1. The minimum Gasteiger partial charge on any atom is -0.357 e. The summed E-state index contributed by atoms with van der Waals surface area (Å²) in [6, 6.07) is 23.0. The lowest BCUT2D eigenvalue weighted by atomic mass is 9.97. The molecule has 18 heteroatoms. The SMILES string of the molecule is N=C(c1ccc(C(=O)Cc2cc(F)c(F)cc2C(=O)Nc2ccc(Br)cn2)cc1)N1CCCC1.N=C(c1ccc(C(=O)Cc2cc(F)c(F)cc2C(=O)Nc2ccc(Br)cn2)cc1)N1CCCCC1. The number of halogens is 6. The lowest BCUT2D eigenvalue weighted by molar-refractivity contribution is 0.0980. The number of likely N-dealkylation sites (tertiary alicyclic amines) is 2. The van der Waals surface area contributed by atoms with Crippen LogP contribution in [0.3, 0.4) is 0 Å². The largest absolute Gasteiger partial charge is 0.357 e. The van der Waals surface area contributed by atoms with Crippen LogP contribution < -0.4 is 10.6 Å². The van der Waals surface area contributed by atoms with Crippen LogP contribution in [0.25, 0.3) is 0 Å². The highest BCUT2D eigenvalue weighted by Crippen LogP contribution is 2.23. The minimum absolute atomic E-state index is 0.0624. The van der Waals surface area contributed by atoms with Gasteiger partial charge >= 0.3 is 0 Å². The van der Waals surface area contributed by atoms with Gasteiger partial charge in [0.05, 0.1) is 0 Å². The highest BCUT2D eigenvalue weighted by molar-refractivity contribution is 9.10. The molecule has 2 saturated heterocycles. The molecule has 0 atom stereocenters. The highest BCUT2D eigenvalue weighted by Gasteiger charge is 2.23. The van der Waals surface area contributed by atoms with E-state index in [0.717, 1.165) is 76.1 Å². The Morgan fingerprint density at radius 3 is 1.17 bits per heavy atom. The number of amidine groups is 2. The normalized spacial score (nSPS) is 13.2. The van der Waals surface area contributed by atoms with Gasteiger partial charge in [0.15, 0.2) is 34.8 Å². The van der Waals surface area contributed by atoms with Gasteiger partial charge in [-0.3, -0.25) is 30.0 Å². The van der Waals surface area contributed by atoms with Crippen molar-refractivity contribution in [3.63, 3.8) is 0 Å². The van der Waals surface area contributed by atoms with Crippen molar-refractivity contribution in [2.75, 3.05) is 36.8 Å². The van der Waals surface area contributed by atoms with Crippen LogP contribution in [0.5, 0.6) is 0 Å². The molecule has 2 aliphatic heterocycles. The fourth-order valence-electron chi connectivity index (χ4n) is 7.76. The molecule has 0 bridgehead atoms. The summed E-state index contributed by atoms with van der Waals surface area (Å²) < 4.78 is 57.3. The zero-order valence-corrected chi connectivity index (χ0v) is 40.0. The number of hydrogen-bond donors (Lipinski definition) is 4. The summed E-state index contributed by atoms with van der Waals surface area (Å²) in [7, 11) is 0. The van der Waals surface area contributed by atoms with Crippen molar-refractivity contribution in [1.29, 1.82) is 10.8 Å². The number of rotatable bonds is 12. The van der Waals surface area contributed by atoms with Crippen molar-refractivity contribution < 1.29 is 36.7 Å². The van der Waals surface area contributed by atoms with E-state index in [1.165, 1.54) is 18.8 Å². The van der Waals surface area contributed by atoms with Crippen LogP contribution in [-0.4, -0.2) is 81.0 Å². The van der Waals surface area contributed by atoms with Gasteiger partial charge in [-0.25, -0.2) is 27.5 Å². The molecule has 69 heavy (non-hydrogen) atoms. The average molecular weight is 1070 g/mol. The summed E-state index contributed by atoms with van der Waals surface area (Å²) in [6.07, 6.45) is 7.77. The number of aromatic nitrogens is 2. The Balaban J connectivity index is 0.000000204. The first-order valence-corrected chi connectivity index (χ1v) is 23.5. The molecule has 0 aliphatic carbocycles. The van der Waals surface area contributed by atoms with Crippen LogP contribution in [0.1, 0.15) is 95.8 Å². The topological polar surface area (TPSA) is 172 Å². The number of carbonyl (C=O) groups excluding carboxylic acids is 4. The second kappa shape index (κ2) is 22.9. The number of nitrogens with one attached hydrogen (secondary N) is 4. The maximum atomic E-state index is 14.0. The third-order valence-corrected chi connectivity index (χ3v) is 12.4. The summed E-state index contributed by atoms with van der Waals surface area (Å²) in [5.41, 5.74) is 1.94. The molecule has 0 spiro atoms. The molecule has 8 rings (SSSR count). The van der Waals surface area contributed by atoms with E-state index in [1.54, 1.807) is 72.8 Å². The van der Waals surface area contributed by atoms with Crippen LogP contribution in [-0.2, 0) is 12.8 Å². The third-order valence-electron chi connectivity index (χ3n) is 11.5. The molecule has 2 aliphatic rings. The van der Waals surface area contributed by atoms with Gasteiger partial charge in [-0.05, 0) is 124 Å². The summed E-state index contributed by atoms with van der Waals surface area (Å²) in [5, 5.41) is 21.8. The molecule has 0 unspecified atom stereocenters. The summed E-state index contributed by atoms with van der Waals surface area (Å²) >= 11 is 6.50. The van der Waals surface area contributed by atoms with Crippen LogP contribution in [0.4, 0.5) is 29.2 Å². The maximum absolute atomic E-state index is 14.0. The average Bonchev–Trinajstić information content (AvgIpc) is 3.91. The Labute approximate surface area is 411 Å². The van der Waals surface area contributed by atoms with E-state index in [0.29, 0.717) is 42.9 Å². The van der Waals surface area contributed by atoms with Crippen LogP contribution in [0.2, 0.25) is 0 Å². The zero-order valence-electron chi connectivity index (χ0n) is 36.9. The number of nitrogens with zero attached hydrogens (tertiary/aromatic N) is 4. The smallest absolute Gasteiger partial charge is 0.257 e. The van der Waals surface area contributed by atoms with Gasteiger partial charge in [-0.1, -0.05) is 48.5 Å². The fraction of sp³-hybridized carbons (Fsp3) is 0.216. The van der Waals surface area contributed by atoms with Crippen LogP contribution >= 0.6 is 31.9 Å². The highest BCUT2D eigenvalue weighted by atomic mass is 79.9. The molecule has 2 fully saturated rings. The Hall–Kier alpha value is -6.92. The second-order valence-corrected chi connectivity index (χ2v) is 18.1. The van der Waals surface area contributed by atoms with E-state index >= 15 is 0 Å². The van der Waals surface area contributed by atoms with Gasteiger partial charge in [0, 0.05) is 93.7 Å². The number of amides is 2. The van der Waals surface area contributed by atoms with Crippen molar-refractivity contribution in [2.24, 2.45) is 0 Å². The van der Waals surface area contributed by atoms with Gasteiger partial charge in [0.1, 0.15) is 23.3 Å². The van der Waals surface area contributed by atoms with Gasteiger partial charge in [-0.15, -0.1) is 0 Å². The number of ketones is 2. The summed E-state index contributed by atoms with van der Waals surface area (Å²) in [5.74, 6) is -5.49. The monoisotopic (exact) mass is 1070 g/mol. The van der Waals surface area contributed by atoms with E-state index in [2.05, 4.69) is 52.5 Å². The summed E-state index contributed by atoms with van der Waals surface area (Å²) in [4.78, 5) is 63.5. The Kier molecular flexibility index (Phi) is 16.6. The molecule has 0 radical (unpaired) electrons. The lowest BCUT2D eigenvalue weighted by Crippen LogP contribution is -2.35. The standard InChI is InChI=1S/C26H23BrF2N4O2.C25H21BrF2N4O2/c27-19-8-9-24(31-15-19)32-26(35)20-14-22(29)21(28)12-18(20)13-23(34)16-4-6-17(7-5-16)25(30)33-10-2-1-3-11-33;26-18-7-8-23(30-14-18)31-25(34)19-13-21(28)20(27)11-17(19)12-22(33)15-3-5-16(6-4-15)24(29)32-9-1-2-10-32/h4-9,12,14-15,30H,1-3,10-11,13H2,(H,31,32,35);3-8,11,13-14,29H,1-2,9-10,12H2,(H,30,31,34). The van der Waals surface area contributed by atoms with E-state index in [4.69, 9.17) is 10.8 Å². The first kappa shape index (κ1) is 50.0. The van der Waals surface area contributed by atoms with Gasteiger partial charge in [0.2, 0.25) is 0 Å². The number of benzene rings is 4. The molecule has 2 amide bonds. The first-order chi connectivity index (χ1) is 33.1. The lowest BCUT2D eigenvalue weighted by Gasteiger charge is -2.29. The van der Waals surface area contributed by atoms with Crippen LogP contribution in [0.15, 0.2) is 118 Å². The molecule has 354 valence electrons. The molecular weight excluding hydrogens is 1020 g/mol. The van der Waals surface area contributed by atoms with E-state index < -0.39 is 35.1 Å². The molecule has 4 aromatic carbocycles. The van der Waals surface area contributed by atoms with Gasteiger partial charge in [0.25, 0.3) is 11.8 Å². The summed E-state index contributed by atoms with van der Waals surface area (Å²) in [6.45, 7) is 3.37. The quantitative estimate of drug-likeness (QED) is 0.0406. The molecule has 4 heterocycles. The Morgan fingerprint density at radius 2 is 0.826 bits per heavy atom. The maximum Gasteiger partial charge on any atom is 0.257 e. The van der Waals surface area contributed by atoms with E-state index in [-0.39, 0.29) is 58.3 Å². The third kappa shape index (κ3) is 13.0. The van der Waals surface area contributed by atoms with Crippen molar-refractivity contribution in [1.82, 2.24) is 19.8 Å². The van der Waals surface area contributed by atoms with Crippen molar-refractivity contribution in [3.8, 4) is 0 Å². The van der Waals surface area contributed by atoms with E-state index in [9.17, 15) is 36.7 Å². The minimum atomic E-state index is -1.19. The fourth-order valence-corrected chi connectivity index (χ4v) is 8.23. The van der Waals surface area contributed by atoms with Crippen molar-refractivity contribution in [2.45, 2.75) is 44.9 Å².